The second-order valence-corrected chi connectivity index (χ2v) is 7.05. The molecule has 2 nitrogen and oxygen atoms in total. The Morgan fingerprint density at radius 2 is 1.56 bits per heavy atom. The van der Waals surface area contributed by atoms with Gasteiger partial charge in [-0.05, 0) is 42.0 Å². The van der Waals surface area contributed by atoms with Crippen LogP contribution in [-0.4, -0.2) is 0 Å². The third-order valence-corrected chi connectivity index (χ3v) is 4.88. The molecular weight excluding hydrogens is 400 g/mol. The molecule has 0 aliphatic heterocycles. The predicted molar refractivity (Wildman–Crippen MR) is 112 cm³/mol. The molecule has 1 aromatic heterocycles. The van der Waals surface area contributed by atoms with E-state index in [9.17, 15) is 4.79 Å². The van der Waals surface area contributed by atoms with E-state index in [1.165, 1.54) is 0 Å². The van der Waals surface area contributed by atoms with Crippen LogP contribution in [0.2, 0.25) is 0 Å². The Bertz CT molecular complexity index is 1200. The lowest BCUT2D eigenvalue weighted by atomic mass is 9.92. The summed E-state index contributed by atoms with van der Waals surface area (Å²) in [5.74, 6) is 6.10. The molecule has 4 aromatic rings. The maximum Gasteiger partial charge on any atom is 0.197 e. The molecule has 4 rings (SSSR count). The number of para-hydroxylation sites is 1. The summed E-state index contributed by atoms with van der Waals surface area (Å²) in [6.45, 7) is 0. The maximum atomic E-state index is 13.1. The molecule has 1 heterocycles. The van der Waals surface area contributed by atoms with E-state index in [1.54, 1.807) is 18.4 Å². The first kappa shape index (κ1) is 17.3. The zero-order valence-corrected chi connectivity index (χ0v) is 15.9. The fraction of sp³-hybridized carbons (Fsp3) is 0.0417. The summed E-state index contributed by atoms with van der Waals surface area (Å²) < 4.78 is 6.72. The quantitative estimate of drug-likeness (QED) is 0.391. The van der Waals surface area contributed by atoms with Crippen molar-refractivity contribution in [1.29, 1.82) is 0 Å². The van der Waals surface area contributed by atoms with Gasteiger partial charge < -0.3 is 4.42 Å². The second kappa shape index (κ2) is 7.65. The van der Waals surface area contributed by atoms with Crippen molar-refractivity contribution in [1.82, 2.24) is 0 Å². The van der Waals surface area contributed by atoms with Gasteiger partial charge in [-0.2, -0.15) is 0 Å². The minimum absolute atomic E-state index is 0.0455. The zero-order chi connectivity index (χ0) is 18.6. The van der Waals surface area contributed by atoms with E-state index in [4.69, 9.17) is 4.42 Å². The molecule has 0 spiro atoms. The van der Waals surface area contributed by atoms with Gasteiger partial charge in [-0.25, -0.2) is 0 Å². The van der Waals surface area contributed by atoms with Crippen molar-refractivity contribution in [3.8, 4) is 11.8 Å². The third kappa shape index (κ3) is 3.72. The molecule has 0 fully saturated rings. The number of hydrogen-bond donors (Lipinski definition) is 0. The Kier molecular flexibility index (Phi) is 4.91. The van der Waals surface area contributed by atoms with Gasteiger partial charge in [-0.3, -0.25) is 4.79 Å². The molecule has 1 atom stereocenters. The lowest BCUT2D eigenvalue weighted by Gasteiger charge is -2.11. The van der Waals surface area contributed by atoms with Crippen LogP contribution in [0.15, 0.2) is 98.8 Å². The van der Waals surface area contributed by atoms with E-state index in [0.29, 0.717) is 16.5 Å². The summed E-state index contributed by atoms with van der Waals surface area (Å²) in [5, 5.41) is 0.571. The molecule has 0 aliphatic rings. The smallest absolute Gasteiger partial charge is 0.197 e. The van der Waals surface area contributed by atoms with Gasteiger partial charge in [0.2, 0.25) is 0 Å². The summed E-state index contributed by atoms with van der Waals surface area (Å²) in [7, 11) is 0. The monoisotopic (exact) mass is 414 g/mol. The first-order chi connectivity index (χ1) is 13.2. The summed E-state index contributed by atoms with van der Waals surface area (Å²) in [4.78, 5) is 13.1. The van der Waals surface area contributed by atoms with Gasteiger partial charge in [0, 0.05) is 10.0 Å². The Morgan fingerprint density at radius 3 is 2.33 bits per heavy atom. The van der Waals surface area contributed by atoms with Crippen LogP contribution in [0, 0.1) is 11.8 Å². The summed E-state index contributed by atoms with van der Waals surface area (Å²) >= 11 is 3.43. The Morgan fingerprint density at radius 1 is 0.852 bits per heavy atom. The Labute approximate surface area is 165 Å². The average Bonchev–Trinajstić information content (AvgIpc) is 2.72. The van der Waals surface area contributed by atoms with Gasteiger partial charge in [0.05, 0.1) is 23.1 Å². The lowest BCUT2D eigenvalue weighted by Crippen LogP contribution is -2.13. The van der Waals surface area contributed by atoms with E-state index >= 15 is 0 Å². The van der Waals surface area contributed by atoms with Crippen LogP contribution >= 0.6 is 15.9 Å². The second-order valence-electron chi connectivity index (χ2n) is 6.14. The normalized spacial score (nSPS) is 11.6. The summed E-state index contributed by atoms with van der Waals surface area (Å²) in [6.07, 6.45) is 1.54. The zero-order valence-electron chi connectivity index (χ0n) is 14.4. The average molecular weight is 415 g/mol. The first-order valence-electron chi connectivity index (χ1n) is 8.55. The van der Waals surface area contributed by atoms with E-state index in [1.807, 2.05) is 66.7 Å². The molecule has 0 radical (unpaired) electrons. The van der Waals surface area contributed by atoms with Crippen LogP contribution in [0.4, 0.5) is 0 Å². The minimum Gasteiger partial charge on any atom is -0.464 e. The first-order valence-corrected chi connectivity index (χ1v) is 9.34. The van der Waals surface area contributed by atoms with Crippen molar-refractivity contribution in [2.24, 2.45) is 0 Å². The number of fused-ring (bicyclic) bond motifs is 1. The SMILES string of the molecule is O=c1c(C(C#Cc2ccc(Br)cc2)c2ccccc2)coc2ccccc12. The van der Waals surface area contributed by atoms with Crippen molar-refractivity contribution in [3.05, 3.63) is 117 Å². The van der Waals surface area contributed by atoms with Crippen molar-refractivity contribution in [2.75, 3.05) is 0 Å². The van der Waals surface area contributed by atoms with E-state index in [0.717, 1.165) is 15.6 Å². The predicted octanol–water partition coefficient (Wildman–Crippen LogP) is 5.74. The Hall–Kier alpha value is -3.09. The molecule has 1 unspecified atom stereocenters. The van der Waals surface area contributed by atoms with Gasteiger partial charge in [0.15, 0.2) is 5.43 Å². The third-order valence-electron chi connectivity index (χ3n) is 4.36. The standard InChI is InChI=1S/C24H15BrO2/c25-19-13-10-17(11-14-19)12-15-20(18-6-2-1-3-7-18)22-16-27-23-9-5-4-8-21(23)24(22)26/h1-11,13-14,16,20H. The van der Waals surface area contributed by atoms with Crippen molar-refractivity contribution in [2.45, 2.75) is 5.92 Å². The van der Waals surface area contributed by atoms with Crippen LogP contribution in [-0.2, 0) is 0 Å². The van der Waals surface area contributed by atoms with Gasteiger partial charge in [-0.15, -0.1) is 0 Å². The van der Waals surface area contributed by atoms with Crippen molar-refractivity contribution in [3.63, 3.8) is 0 Å². The van der Waals surface area contributed by atoms with Gasteiger partial charge >= 0.3 is 0 Å². The number of benzene rings is 3. The molecular formula is C24H15BrO2. The molecule has 3 heteroatoms. The van der Waals surface area contributed by atoms with Gasteiger partial charge in [-0.1, -0.05) is 70.2 Å². The fourth-order valence-electron chi connectivity index (χ4n) is 2.97. The van der Waals surface area contributed by atoms with Crippen LogP contribution in [0.1, 0.15) is 22.6 Å². The molecule has 27 heavy (non-hydrogen) atoms. The topological polar surface area (TPSA) is 30.2 Å². The number of halogens is 1. The highest BCUT2D eigenvalue weighted by atomic mass is 79.9. The highest BCUT2D eigenvalue weighted by Crippen LogP contribution is 2.24. The van der Waals surface area contributed by atoms with E-state index in [2.05, 4.69) is 27.8 Å². The molecule has 0 saturated carbocycles. The molecule has 0 bridgehead atoms. The molecule has 3 aromatic carbocycles. The van der Waals surface area contributed by atoms with Crippen molar-refractivity contribution >= 4 is 26.9 Å². The van der Waals surface area contributed by atoms with Crippen LogP contribution < -0.4 is 5.43 Å². The van der Waals surface area contributed by atoms with Crippen molar-refractivity contribution < 1.29 is 4.42 Å². The molecule has 0 aliphatic carbocycles. The summed E-state index contributed by atoms with van der Waals surface area (Å²) in [5.41, 5.74) is 2.94. The van der Waals surface area contributed by atoms with E-state index in [-0.39, 0.29) is 11.3 Å². The van der Waals surface area contributed by atoms with Gasteiger partial charge in [0.1, 0.15) is 5.58 Å². The lowest BCUT2D eigenvalue weighted by molar-refractivity contribution is 0.592. The van der Waals surface area contributed by atoms with Crippen LogP contribution in [0.25, 0.3) is 11.0 Å². The van der Waals surface area contributed by atoms with Gasteiger partial charge in [0.25, 0.3) is 0 Å². The molecule has 0 saturated heterocycles. The molecule has 0 N–H and O–H groups in total. The number of hydrogen-bond acceptors (Lipinski definition) is 2. The van der Waals surface area contributed by atoms with Crippen LogP contribution in [0.3, 0.4) is 0 Å². The highest BCUT2D eigenvalue weighted by molar-refractivity contribution is 9.10. The molecule has 130 valence electrons. The van der Waals surface area contributed by atoms with Crippen LogP contribution in [0.5, 0.6) is 0 Å². The minimum atomic E-state index is -0.365. The molecule has 0 amide bonds. The Balaban J connectivity index is 1.86. The van der Waals surface area contributed by atoms with E-state index < -0.39 is 0 Å². The largest absolute Gasteiger partial charge is 0.464 e. The summed E-state index contributed by atoms with van der Waals surface area (Å²) in [6, 6.07) is 24.9. The maximum absolute atomic E-state index is 13.1. The fourth-order valence-corrected chi connectivity index (χ4v) is 3.23. The number of rotatable bonds is 2. The highest BCUT2D eigenvalue weighted by Gasteiger charge is 2.17.